The van der Waals surface area contributed by atoms with Crippen LogP contribution < -0.4 is 15.5 Å². The molecule has 1 aliphatic rings. The second-order valence-corrected chi connectivity index (χ2v) is 10.3. The molecule has 1 heterocycles. The molecule has 0 aromatic heterocycles. The van der Waals surface area contributed by atoms with E-state index in [1.807, 2.05) is 49.4 Å². The third-order valence-corrected chi connectivity index (χ3v) is 7.17. The molecular weight excluding hydrogens is 536 g/mol. The van der Waals surface area contributed by atoms with Crippen LogP contribution in [0.15, 0.2) is 72.8 Å². The van der Waals surface area contributed by atoms with Crippen LogP contribution in [0.2, 0.25) is 0 Å². The van der Waals surface area contributed by atoms with Crippen molar-refractivity contribution in [2.24, 2.45) is 0 Å². The van der Waals surface area contributed by atoms with Gasteiger partial charge in [0.25, 0.3) is 5.91 Å². The number of nitrogens with zero attached hydrogens (tertiary/aromatic N) is 2. The molecule has 10 heteroatoms. The number of rotatable bonds is 9. The minimum atomic E-state index is -1.03. The minimum Gasteiger partial charge on any atom is -0.481 e. The van der Waals surface area contributed by atoms with E-state index in [2.05, 4.69) is 15.5 Å². The summed E-state index contributed by atoms with van der Waals surface area (Å²) in [5.74, 6) is -1.73. The summed E-state index contributed by atoms with van der Waals surface area (Å²) in [4.78, 5) is 53.9. The van der Waals surface area contributed by atoms with Gasteiger partial charge in [0.15, 0.2) is 0 Å². The van der Waals surface area contributed by atoms with Gasteiger partial charge in [-0.15, -0.1) is 0 Å². The summed E-state index contributed by atoms with van der Waals surface area (Å²) in [6.45, 7) is 4.06. The van der Waals surface area contributed by atoms with E-state index < -0.39 is 17.9 Å². The highest BCUT2D eigenvalue weighted by Gasteiger charge is 2.24. The van der Waals surface area contributed by atoms with Gasteiger partial charge >= 0.3 is 12.1 Å². The Morgan fingerprint density at radius 2 is 1.67 bits per heavy atom. The van der Waals surface area contributed by atoms with Gasteiger partial charge in [-0.1, -0.05) is 60.2 Å². The molecule has 10 nitrogen and oxygen atoms in total. The lowest BCUT2D eigenvalue weighted by Gasteiger charge is -2.26. The van der Waals surface area contributed by atoms with E-state index >= 15 is 0 Å². The summed E-state index contributed by atoms with van der Waals surface area (Å²) in [5, 5.41) is 15.3. The van der Waals surface area contributed by atoms with Crippen molar-refractivity contribution in [3.63, 3.8) is 0 Å². The molecule has 1 atom stereocenters. The van der Waals surface area contributed by atoms with E-state index in [0.29, 0.717) is 43.9 Å². The summed E-state index contributed by atoms with van der Waals surface area (Å²) in [6, 6.07) is 21.0. The Balaban J connectivity index is 1.60. The van der Waals surface area contributed by atoms with Crippen molar-refractivity contribution < 1.29 is 29.0 Å². The van der Waals surface area contributed by atoms with Gasteiger partial charge < -0.3 is 30.3 Å². The highest BCUT2D eigenvalue weighted by Crippen LogP contribution is 2.29. The van der Waals surface area contributed by atoms with Gasteiger partial charge in [0.1, 0.15) is 0 Å². The standard InChI is InChI=1S/C32H36N4O6/c1-22-9-11-24(12-10-22)26(21-30(38)39)34-31(40)25-13-14-28(35-15-6-16-36(18-17-35)32(41)42-2)27(20-25)33-29(37)19-23-7-4-3-5-8-23/h3-5,7-14,20,26H,6,15-19,21H2,1-2H3,(H,33,37)(H,34,40)(H,38,39). The van der Waals surface area contributed by atoms with Crippen LogP contribution in [0.5, 0.6) is 0 Å². The number of ether oxygens (including phenoxy) is 1. The number of anilines is 2. The smallest absolute Gasteiger partial charge is 0.409 e. The van der Waals surface area contributed by atoms with E-state index in [9.17, 15) is 24.3 Å². The first-order chi connectivity index (χ1) is 20.2. The molecule has 4 rings (SSSR count). The molecule has 0 bridgehead atoms. The van der Waals surface area contributed by atoms with Crippen LogP contribution in [0.4, 0.5) is 16.2 Å². The molecule has 0 saturated carbocycles. The quantitative estimate of drug-likeness (QED) is 0.347. The van der Waals surface area contributed by atoms with Crippen LogP contribution >= 0.6 is 0 Å². The molecule has 3 aromatic rings. The van der Waals surface area contributed by atoms with E-state index in [1.54, 1.807) is 35.2 Å². The number of amides is 3. The molecule has 1 fully saturated rings. The molecule has 0 spiro atoms. The van der Waals surface area contributed by atoms with E-state index in [0.717, 1.165) is 16.8 Å². The van der Waals surface area contributed by atoms with Crippen molar-refractivity contribution in [2.45, 2.75) is 32.2 Å². The third kappa shape index (κ3) is 8.09. The zero-order valence-corrected chi connectivity index (χ0v) is 23.8. The predicted octanol–water partition coefficient (Wildman–Crippen LogP) is 4.40. The average Bonchev–Trinajstić information content (AvgIpc) is 3.23. The molecule has 3 amide bonds. The maximum absolute atomic E-state index is 13.4. The molecule has 42 heavy (non-hydrogen) atoms. The normalized spacial score (nSPS) is 14.0. The lowest BCUT2D eigenvalue weighted by Crippen LogP contribution is -2.35. The van der Waals surface area contributed by atoms with Gasteiger partial charge in [0, 0.05) is 31.7 Å². The summed E-state index contributed by atoms with van der Waals surface area (Å²) in [6.07, 6.45) is 0.186. The van der Waals surface area contributed by atoms with Crippen LogP contribution in [0.3, 0.4) is 0 Å². The van der Waals surface area contributed by atoms with Gasteiger partial charge in [0.05, 0.1) is 37.4 Å². The number of nitrogens with one attached hydrogen (secondary N) is 2. The van der Waals surface area contributed by atoms with Crippen molar-refractivity contribution in [1.82, 2.24) is 10.2 Å². The highest BCUT2D eigenvalue weighted by atomic mass is 16.5. The van der Waals surface area contributed by atoms with Crippen molar-refractivity contribution in [3.05, 3.63) is 95.1 Å². The fourth-order valence-electron chi connectivity index (χ4n) is 4.97. The second kappa shape index (κ2) is 14.2. The molecule has 0 aliphatic carbocycles. The van der Waals surface area contributed by atoms with Crippen LogP contribution in [0.25, 0.3) is 0 Å². The van der Waals surface area contributed by atoms with Gasteiger partial charge in [-0.3, -0.25) is 14.4 Å². The molecular formula is C32H36N4O6. The van der Waals surface area contributed by atoms with Crippen molar-refractivity contribution >= 4 is 35.3 Å². The molecule has 1 aliphatic heterocycles. The minimum absolute atomic E-state index is 0.154. The lowest BCUT2D eigenvalue weighted by molar-refractivity contribution is -0.137. The number of carboxylic acids is 1. The number of carbonyl (C=O) groups is 4. The summed E-state index contributed by atoms with van der Waals surface area (Å²) >= 11 is 0. The number of carboxylic acid groups (broad SMARTS) is 1. The van der Waals surface area contributed by atoms with E-state index in [4.69, 9.17) is 4.74 Å². The van der Waals surface area contributed by atoms with Crippen molar-refractivity contribution in [3.8, 4) is 0 Å². The molecule has 3 aromatic carbocycles. The monoisotopic (exact) mass is 572 g/mol. The Labute approximate surface area is 245 Å². The van der Waals surface area contributed by atoms with Crippen LogP contribution in [-0.2, 0) is 20.7 Å². The lowest BCUT2D eigenvalue weighted by atomic mass is 10.0. The summed E-state index contributed by atoms with van der Waals surface area (Å²) < 4.78 is 4.88. The Bertz CT molecular complexity index is 1410. The summed E-state index contributed by atoms with van der Waals surface area (Å²) in [7, 11) is 1.36. The fourth-order valence-corrected chi connectivity index (χ4v) is 4.97. The zero-order valence-electron chi connectivity index (χ0n) is 23.8. The van der Waals surface area contributed by atoms with Gasteiger partial charge in [0.2, 0.25) is 5.91 Å². The Kier molecular flexibility index (Phi) is 10.1. The van der Waals surface area contributed by atoms with Crippen LogP contribution in [0, 0.1) is 6.92 Å². The SMILES string of the molecule is COC(=O)N1CCCN(c2ccc(C(=O)NC(CC(=O)O)c3ccc(C)cc3)cc2NC(=O)Cc2ccccc2)CC1. The number of aliphatic carboxylic acids is 1. The second-order valence-electron chi connectivity index (χ2n) is 10.3. The predicted molar refractivity (Wildman–Crippen MR) is 160 cm³/mol. The Hall–Kier alpha value is -4.86. The Morgan fingerprint density at radius 3 is 2.36 bits per heavy atom. The molecule has 1 saturated heterocycles. The maximum Gasteiger partial charge on any atom is 0.409 e. The number of carbonyl (C=O) groups excluding carboxylic acids is 3. The molecule has 1 unspecified atom stereocenters. The van der Waals surface area contributed by atoms with Crippen LogP contribution in [0.1, 0.15) is 45.9 Å². The zero-order chi connectivity index (χ0) is 30.1. The first kappa shape index (κ1) is 30.1. The number of methoxy groups -OCH3 is 1. The summed E-state index contributed by atoms with van der Waals surface area (Å²) in [5.41, 5.74) is 4.02. The van der Waals surface area contributed by atoms with Gasteiger partial charge in [-0.2, -0.15) is 0 Å². The van der Waals surface area contributed by atoms with Gasteiger partial charge in [-0.05, 0) is 42.7 Å². The highest BCUT2D eigenvalue weighted by molar-refractivity contribution is 6.00. The van der Waals surface area contributed by atoms with Crippen LogP contribution in [-0.4, -0.2) is 67.2 Å². The number of benzene rings is 3. The first-order valence-electron chi connectivity index (χ1n) is 13.9. The number of hydrogen-bond acceptors (Lipinski definition) is 6. The Morgan fingerprint density at radius 1 is 0.929 bits per heavy atom. The molecule has 3 N–H and O–H groups in total. The fraction of sp³-hybridized carbons (Fsp3) is 0.312. The largest absolute Gasteiger partial charge is 0.481 e. The van der Waals surface area contributed by atoms with Gasteiger partial charge in [-0.25, -0.2) is 4.79 Å². The molecule has 0 radical (unpaired) electrons. The third-order valence-electron chi connectivity index (χ3n) is 7.17. The van der Waals surface area contributed by atoms with E-state index in [1.165, 1.54) is 7.11 Å². The van der Waals surface area contributed by atoms with E-state index in [-0.39, 0.29) is 30.4 Å². The average molecular weight is 573 g/mol. The number of hydrogen-bond donors (Lipinski definition) is 3. The molecule has 220 valence electrons. The number of aryl methyl sites for hydroxylation is 1. The maximum atomic E-state index is 13.4. The topological polar surface area (TPSA) is 128 Å². The van der Waals surface area contributed by atoms with Crippen molar-refractivity contribution in [1.29, 1.82) is 0 Å². The first-order valence-corrected chi connectivity index (χ1v) is 13.9. The van der Waals surface area contributed by atoms with Crippen molar-refractivity contribution in [2.75, 3.05) is 43.5 Å².